The van der Waals surface area contributed by atoms with Gasteiger partial charge in [0.1, 0.15) is 23.8 Å². The third-order valence-corrected chi connectivity index (χ3v) is 2.25. The van der Waals surface area contributed by atoms with E-state index < -0.39 is 42.2 Å². The molecule has 3 nitrogen and oxygen atoms in total. The maximum absolute atomic E-state index is 13.5. The van der Waals surface area contributed by atoms with Crippen molar-refractivity contribution in [2.75, 3.05) is 13.2 Å². The molecule has 0 fully saturated rings. The van der Waals surface area contributed by atoms with Crippen LogP contribution in [-0.4, -0.2) is 30.1 Å². The molecular formula is C11H11F4NO2. The first-order chi connectivity index (χ1) is 8.28. The average molecular weight is 265 g/mol. The van der Waals surface area contributed by atoms with Gasteiger partial charge in [0.15, 0.2) is 0 Å². The predicted octanol–water partition coefficient (Wildman–Crippen LogP) is 1.63. The van der Waals surface area contributed by atoms with Gasteiger partial charge in [-0.3, -0.25) is 4.79 Å². The van der Waals surface area contributed by atoms with Crippen molar-refractivity contribution in [3.05, 3.63) is 34.9 Å². The molecular weight excluding hydrogens is 254 g/mol. The summed E-state index contributed by atoms with van der Waals surface area (Å²) in [5.41, 5.74) is -0.890. The van der Waals surface area contributed by atoms with E-state index >= 15 is 0 Å². The normalized spacial score (nSPS) is 11.4. The number of aliphatic hydroxyl groups is 1. The minimum atomic E-state index is -3.54. The molecule has 7 heteroatoms. The van der Waals surface area contributed by atoms with E-state index in [0.717, 1.165) is 12.1 Å². The lowest BCUT2D eigenvalue weighted by molar-refractivity contribution is -0.0462. The van der Waals surface area contributed by atoms with Gasteiger partial charge in [-0.25, -0.2) is 17.6 Å². The highest BCUT2D eigenvalue weighted by atomic mass is 19.3. The number of carbonyl (C=O) groups excluding carboxylic acids is 1. The van der Waals surface area contributed by atoms with Crippen LogP contribution >= 0.6 is 0 Å². The Kier molecular flexibility index (Phi) is 4.28. The fourth-order valence-electron chi connectivity index (χ4n) is 1.22. The molecule has 1 aromatic carbocycles. The number of hydrogen-bond acceptors (Lipinski definition) is 2. The van der Waals surface area contributed by atoms with Crippen LogP contribution in [0.25, 0.3) is 0 Å². The van der Waals surface area contributed by atoms with Gasteiger partial charge in [0.05, 0.1) is 6.54 Å². The Morgan fingerprint density at radius 2 is 2.00 bits per heavy atom. The predicted molar refractivity (Wildman–Crippen MR) is 55.5 cm³/mol. The summed E-state index contributed by atoms with van der Waals surface area (Å²) in [4.78, 5) is 11.4. The quantitative estimate of drug-likeness (QED) is 0.813. The molecule has 0 atom stereocenters. The number of halogens is 4. The Bertz CT molecular complexity index is 463. The number of amides is 1. The summed E-state index contributed by atoms with van der Waals surface area (Å²) in [5.74, 6) is -7.06. The highest BCUT2D eigenvalue weighted by Crippen LogP contribution is 2.17. The van der Waals surface area contributed by atoms with Gasteiger partial charge in [-0.2, -0.15) is 0 Å². The number of hydrogen-bond donors (Lipinski definition) is 2. The summed E-state index contributed by atoms with van der Waals surface area (Å²) in [6.45, 7) is -1.35. The standard InChI is InChI=1S/C11H11F4NO2/c1-6-2-3-7(12)8(9(6)13)10(18)16-4-11(14,15)5-17/h2-3,17H,4-5H2,1H3,(H,16,18). The molecule has 1 aromatic rings. The zero-order chi connectivity index (χ0) is 13.9. The van der Waals surface area contributed by atoms with E-state index in [1.807, 2.05) is 0 Å². The van der Waals surface area contributed by atoms with E-state index in [0.29, 0.717) is 0 Å². The van der Waals surface area contributed by atoms with Crippen molar-refractivity contribution in [3.8, 4) is 0 Å². The second-order valence-electron chi connectivity index (χ2n) is 3.75. The minimum absolute atomic E-state index is 0.0236. The SMILES string of the molecule is Cc1ccc(F)c(C(=O)NCC(F)(F)CO)c1F. The minimum Gasteiger partial charge on any atom is -0.390 e. The number of benzene rings is 1. The van der Waals surface area contributed by atoms with E-state index in [1.165, 1.54) is 6.92 Å². The number of aliphatic hydroxyl groups excluding tert-OH is 1. The van der Waals surface area contributed by atoms with Crippen molar-refractivity contribution in [1.82, 2.24) is 5.32 Å². The van der Waals surface area contributed by atoms with E-state index in [9.17, 15) is 22.4 Å². The zero-order valence-corrected chi connectivity index (χ0v) is 9.44. The molecule has 0 aliphatic carbocycles. The molecule has 18 heavy (non-hydrogen) atoms. The lowest BCUT2D eigenvalue weighted by Crippen LogP contribution is -2.39. The number of nitrogens with one attached hydrogen (secondary N) is 1. The Balaban J connectivity index is 2.89. The first-order valence-electron chi connectivity index (χ1n) is 5.00. The summed E-state index contributed by atoms with van der Waals surface area (Å²) >= 11 is 0. The topological polar surface area (TPSA) is 49.3 Å². The first kappa shape index (κ1) is 14.4. The second-order valence-corrected chi connectivity index (χ2v) is 3.75. The molecule has 0 aliphatic rings. The number of rotatable bonds is 4. The highest BCUT2D eigenvalue weighted by Gasteiger charge is 2.29. The van der Waals surface area contributed by atoms with Crippen molar-refractivity contribution in [1.29, 1.82) is 0 Å². The van der Waals surface area contributed by atoms with Gasteiger partial charge in [-0.05, 0) is 18.6 Å². The molecule has 0 heterocycles. The van der Waals surface area contributed by atoms with Gasteiger partial charge < -0.3 is 10.4 Å². The van der Waals surface area contributed by atoms with Gasteiger partial charge >= 0.3 is 0 Å². The Hall–Kier alpha value is -1.63. The summed E-state index contributed by atoms with van der Waals surface area (Å²) in [6.07, 6.45) is 0. The average Bonchev–Trinajstić information content (AvgIpc) is 2.32. The molecule has 0 bridgehead atoms. The Labute approximate surface area is 100 Å². The highest BCUT2D eigenvalue weighted by molar-refractivity contribution is 5.95. The molecule has 0 aromatic heterocycles. The maximum atomic E-state index is 13.5. The summed E-state index contributed by atoms with van der Waals surface area (Å²) in [7, 11) is 0. The molecule has 0 saturated carbocycles. The van der Waals surface area contributed by atoms with Crippen molar-refractivity contribution in [2.45, 2.75) is 12.8 Å². The van der Waals surface area contributed by atoms with Crippen LogP contribution in [0.5, 0.6) is 0 Å². The van der Waals surface area contributed by atoms with E-state index in [1.54, 1.807) is 5.32 Å². The summed E-state index contributed by atoms with van der Waals surface area (Å²) < 4.78 is 52.0. The lowest BCUT2D eigenvalue weighted by Gasteiger charge is -2.14. The molecule has 0 aliphatic heterocycles. The smallest absolute Gasteiger partial charge is 0.287 e. The lowest BCUT2D eigenvalue weighted by atomic mass is 10.1. The van der Waals surface area contributed by atoms with Crippen LogP contribution < -0.4 is 5.32 Å². The molecule has 2 N–H and O–H groups in total. The third kappa shape index (κ3) is 3.19. The summed E-state index contributed by atoms with van der Waals surface area (Å²) in [6, 6.07) is 2.00. The fourth-order valence-corrected chi connectivity index (χ4v) is 1.22. The van der Waals surface area contributed by atoms with Crippen LogP contribution in [0, 0.1) is 18.6 Å². The van der Waals surface area contributed by atoms with Crippen molar-refractivity contribution in [3.63, 3.8) is 0 Å². The molecule has 100 valence electrons. The van der Waals surface area contributed by atoms with Crippen LogP contribution in [-0.2, 0) is 0 Å². The van der Waals surface area contributed by atoms with Crippen LogP contribution in [0.2, 0.25) is 0 Å². The van der Waals surface area contributed by atoms with Crippen molar-refractivity contribution < 1.29 is 27.5 Å². The molecule has 0 radical (unpaired) electrons. The van der Waals surface area contributed by atoms with Crippen LogP contribution in [0.15, 0.2) is 12.1 Å². The van der Waals surface area contributed by atoms with Crippen LogP contribution in [0.4, 0.5) is 17.6 Å². The van der Waals surface area contributed by atoms with E-state index in [2.05, 4.69) is 0 Å². The van der Waals surface area contributed by atoms with Gasteiger partial charge in [0.2, 0.25) is 0 Å². The molecule has 0 saturated heterocycles. The number of aryl methyl sites for hydroxylation is 1. The summed E-state index contributed by atoms with van der Waals surface area (Å²) in [5, 5.41) is 9.95. The van der Waals surface area contributed by atoms with Gasteiger partial charge in [0, 0.05) is 0 Å². The van der Waals surface area contributed by atoms with Gasteiger partial charge in [-0.15, -0.1) is 0 Å². The van der Waals surface area contributed by atoms with Gasteiger partial charge in [0.25, 0.3) is 11.8 Å². The first-order valence-corrected chi connectivity index (χ1v) is 5.00. The van der Waals surface area contributed by atoms with E-state index in [4.69, 9.17) is 5.11 Å². The van der Waals surface area contributed by atoms with Gasteiger partial charge in [-0.1, -0.05) is 6.07 Å². The third-order valence-electron chi connectivity index (χ3n) is 2.25. The molecule has 1 amide bonds. The monoisotopic (exact) mass is 265 g/mol. The molecule has 1 rings (SSSR count). The molecule has 0 spiro atoms. The van der Waals surface area contributed by atoms with Crippen molar-refractivity contribution in [2.24, 2.45) is 0 Å². The Morgan fingerprint density at radius 1 is 1.39 bits per heavy atom. The zero-order valence-electron chi connectivity index (χ0n) is 9.44. The van der Waals surface area contributed by atoms with E-state index in [-0.39, 0.29) is 5.56 Å². The number of alkyl halides is 2. The van der Waals surface area contributed by atoms with Crippen LogP contribution in [0.1, 0.15) is 15.9 Å². The van der Waals surface area contributed by atoms with Crippen molar-refractivity contribution >= 4 is 5.91 Å². The fraction of sp³-hybridized carbons (Fsp3) is 0.364. The number of carbonyl (C=O) groups is 1. The van der Waals surface area contributed by atoms with Crippen LogP contribution in [0.3, 0.4) is 0 Å². The largest absolute Gasteiger partial charge is 0.390 e. The Morgan fingerprint density at radius 3 is 2.56 bits per heavy atom. The maximum Gasteiger partial charge on any atom is 0.287 e. The second kappa shape index (κ2) is 5.34. The molecule has 0 unspecified atom stereocenters.